The van der Waals surface area contributed by atoms with Crippen LogP contribution in [0.4, 0.5) is 0 Å². The highest BCUT2D eigenvalue weighted by molar-refractivity contribution is 6.46. The largest absolute Gasteiger partial charge is 0.505 e. The maximum Gasteiger partial charge on any atom is 0.296 e. The van der Waals surface area contributed by atoms with E-state index in [2.05, 4.69) is 11.9 Å². The summed E-state index contributed by atoms with van der Waals surface area (Å²) in [7, 11) is 0. The van der Waals surface area contributed by atoms with Gasteiger partial charge < -0.3 is 18.8 Å². The second-order valence-corrected chi connectivity index (χ2v) is 8.53. The minimum atomic E-state index is -0.763. The van der Waals surface area contributed by atoms with Gasteiger partial charge in [0.05, 0.1) is 30.1 Å². The molecule has 34 heavy (non-hydrogen) atoms. The number of Topliss-reactive ketones (excluding diaryl/α,β-unsaturated/α-hetero) is 1. The zero-order valence-corrected chi connectivity index (χ0v) is 19.3. The third-order valence-corrected chi connectivity index (χ3v) is 6.46. The second-order valence-electron chi connectivity index (χ2n) is 8.53. The van der Waals surface area contributed by atoms with Gasteiger partial charge >= 0.3 is 0 Å². The molecule has 1 N–H and O–H groups in total. The van der Waals surface area contributed by atoms with Crippen LogP contribution < -0.4 is 0 Å². The molecule has 4 aromatic rings. The summed E-state index contributed by atoms with van der Waals surface area (Å²) in [5, 5.41) is 11.4. The molecule has 0 aliphatic carbocycles. The topological polar surface area (TPSA) is 88.0 Å². The molecule has 1 fully saturated rings. The molecule has 1 aromatic carbocycles. The standard InChI is InChI=1S/C27H25N3O4/c1-4-18-9-11-19(12-10-18)23-21(25(32)27(33)30(23)15-20-8-6-14-34-20)24(31)22-17(3)29-13-5-7-16(2)26(29)28-22/h5-14,23,31H,4,15H2,1-3H3/b24-21+. The first kappa shape index (κ1) is 21.7. The number of imidazole rings is 1. The molecule has 5 rings (SSSR count). The molecule has 1 amide bonds. The van der Waals surface area contributed by atoms with Gasteiger partial charge in [-0.3, -0.25) is 9.59 Å². The summed E-state index contributed by atoms with van der Waals surface area (Å²) in [6.07, 6.45) is 4.25. The summed E-state index contributed by atoms with van der Waals surface area (Å²) in [5.41, 5.74) is 4.52. The highest BCUT2D eigenvalue weighted by Gasteiger charge is 2.46. The van der Waals surface area contributed by atoms with E-state index in [1.54, 1.807) is 12.1 Å². The third-order valence-electron chi connectivity index (χ3n) is 6.46. The molecule has 0 bridgehead atoms. The van der Waals surface area contributed by atoms with Crippen LogP contribution in [0.2, 0.25) is 0 Å². The molecule has 0 saturated carbocycles. The van der Waals surface area contributed by atoms with Crippen molar-refractivity contribution in [2.75, 3.05) is 0 Å². The number of aromatic nitrogens is 2. The van der Waals surface area contributed by atoms with Crippen molar-refractivity contribution < 1.29 is 19.1 Å². The molecular formula is C27H25N3O4. The lowest BCUT2D eigenvalue weighted by Gasteiger charge is -2.24. The fraction of sp³-hybridized carbons (Fsp3) is 0.222. The summed E-state index contributed by atoms with van der Waals surface area (Å²) in [6, 6.07) is 14.3. The molecule has 0 radical (unpaired) electrons. The van der Waals surface area contributed by atoms with Gasteiger partial charge in [0, 0.05) is 6.20 Å². The monoisotopic (exact) mass is 455 g/mol. The number of aliphatic hydroxyl groups excluding tert-OH is 1. The molecule has 1 aliphatic rings. The van der Waals surface area contributed by atoms with Crippen molar-refractivity contribution >= 4 is 23.1 Å². The Hall–Kier alpha value is -4.13. The van der Waals surface area contributed by atoms with Crippen LogP contribution in [0.5, 0.6) is 0 Å². The molecule has 1 saturated heterocycles. The predicted octanol–water partition coefficient (Wildman–Crippen LogP) is 4.73. The normalized spacial score (nSPS) is 17.7. The Bertz CT molecular complexity index is 1430. The van der Waals surface area contributed by atoms with Crippen molar-refractivity contribution in [3.8, 4) is 0 Å². The molecular weight excluding hydrogens is 430 g/mol. The fourth-order valence-electron chi connectivity index (χ4n) is 4.57. The minimum Gasteiger partial charge on any atom is -0.505 e. The number of benzene rings is 1. The highest BCUT2D eigenvalue weighted by atomic mass is 16.3. The quantitative estimate of drug-likeness (QED) is 0.267. The number of fused-ring (bicyclic) bond motifs is 1. The molecule has 4 heterocycles. The van der Waals surface area contributed by atoms with Gasteiger partial charge in [-0.2, -0.15) is 0 Å². The van der Waals surface area contributed by atoms with Crippen molar-refractivity contribution in [1.29, 1.82) is 0 Å². The summed E-state index contributed by atoms with van der Waals surface area (Å²) in [4.78, 5) is 32.5. The predicted molar refractivity (Wildman–Crippen MR) is 127 cm³/mol. The minimum absolute atomic E-state index is 0.0324. The van der Waals surface area contributed by atoms with Gasteiger partial charge in [0.2, 0.25) is 0 Å². The Morgan fingerprint density at radius 3 is 2.50 bits per heavy atom. The number of carbonyl (C=O) groups is 2. The van der Waals surface area contributed by atoms with Crippen LogP contribution in [0.15, 0.2) is 71.0 Å². The van der Waals surface area contributed by atoms with E-state index < -0.39 is 17.7 Å². The van der Waals surface area contributed by atoms with Gasteiger partial charge in [0.1, 0.15) is 17.1 Å². The summed E-state index contributed by atoms with van der Waals surface area (Å²) < 4.78 is 7.32. The first-order valence-electron chi connectivity index (χ1n) is 11.2. The number of aryl methyl sites for hydroxylation is 3. The highest BCUT2D eigenvalue weighted by Crippen LogP contribution is 2.40. The number of pyridine rings is 1. The van der Waals surface area contributed by atoms with E-state index in [0.29, 0.717) is 22.8 Å². The molecule has 1 aliphatic heterocycles. The third kappa shape index (κ3) is 3.41. The van der Waals surface area contributed by atoms with Gasteiger partial charge in [-0.05, 0) is 55.2 Å². The van der Waals surface area contributed by atoms with E-state index >= 15 is 0 Å². The van der Waals surface area contributed by atoms with Crippen LogP contribution in [-0.2, 0) is 22.6 Å². The number of amides is 1. The number of nitrogens with zero attached hydrogens (tertiary/aromatic N) is 3. The van der Waals surface area contributed by atoms with Crippen molar-refractivity contribution in [2.24, 2.45) is 0 Å². The number of aliphatic hydroxyl groups is 1. The van der Waals surface area contributed by atoms with E-state index in [1.807, 2.05) is 60.8 Å². The number of furan rings is 1. The summed E-state index contributed by atoms with van der Waals surface area (Å²) >= 11 is 0. The number of likely N-dealkylation sites (tertiary alicyclic amines) is 1. The van der Waals surface area contributed by atoms with E-state index in [0.717, 1.165) is 23.1 Å². The fourth-order valence-corrected chi connectivity index (χ4v) is 4.57. The van der Waals surface area contributed by atoms with Crippen molar-refractivity contribution in [2.45, 2.75) is 39.8 Å². The average molecular weight is 456 g/mol. The maximum absolute atomic E-state index is 13.3. The van der Waals surface area contributed by atoms with Crippen molar-refractivity contribution in [3.05, 3.63) is 100 Å². The van der Waals surface area contributed by atoms with Gasteiger partial charge in [-0.25, -0.2) is 4.98 Å². The van der Waals surface area contributed by atoms with Crippen LogP contribution >= 0.6 is 0 Å². The SMILES string of the molecule is CCc1ccc(C2/C(=C(\O)c3nc4c(C)cccn4c3C)C(=O)C(=O)N2Cc2ccco2)cc1. The Labute approximate surface area is 197 Å². The Morgan fingerprint density at radius 1 is 1.09 bits per heavy atom. The van der Waals surface area contributed by atoms with Gasteiger partial charge in [-0.15, -0.1) is 0 Å². The maximum atomic E-state index is 13.3. The second kappa shape index (κ2) is 8.33. The average Bonchev–Trinajstić information content (AvgIpc) is 3.54. The molecule has 1 unspecified atom stereocenters. The first-order chi connectivity index (χ1) is 16.4. The lowest BCUT2D eigenvalue weighted by Crippen LogP contribution is -2.29. The molecule has 172 valence electrons. The number of ketones is 1. The smallest absolute Gasteiger partial charge is 0.296 e. The lowest BCUT2D eigenvalue weighted by molar-refractivity contribution is -0.140. The van der Waals surface area contributed by atoms with E-state index in [1.165, 1.54) is 11.2 Å². The van der Waals surface area contributed by atoms with E-state index in [4.69, 9.17) is 4.42 Å². The molecule has 0 spiro atoms. The molecule has 7 nitrogen and oxygen atoms in total. The van der Waals surface area contributed by atoms with Crippen molar-refractivity contribution in [3.63, 3.8) is 0 Å². The van der Waals surface area contributed by atoms with E-state index in [-0.39, 0.29) is 17.9 Å². The van der Waals surface area contributed by atoms with Gasteiger partial charge in [0.15, 0.2) is 5.76 Å². The Balaban J connectivity index is 1.70. The lowest BCUT2D eigenvalue weighted by atomic mass is 9.95. The number of carbonyl (C=O) groups excluding carboxylic acids is 2. The molecule has 7 heteroatoms. The zero-order chi connectivity index (χ0) is 24.0. The molecule has 1 atom stereocenters. The summed E-state index contributed by atoms with van der Waals surface area (Å²) in [5.74, 6) is -1.14. The van der Waals surface area contributed by atoms with Crippen LogP contribution in [-0.4, -0.2) is 31.1 Å². The number of rotatable bonds is 5. The first-order valence-corrected chi connectivity index (χ1v) is 11.2. The van der Waals surface area contributed by atoms with Crippen LogP contribution in [0.1, 0.15) is 46.8 Å². The number of hydrogen-bond donors (Lipinski definition) is 1. The van der Waals surface area contributed by atoms with Crippen LogP contribution in [0.25, 0.3) is 11.4 Å². The molecule has 3 aromatic heterocycles. The van der Waals surface area contributed by atoms with Crippen molar-refractivity contribution in [1.82, 2.24) is 14.3 Å². The Kier molecular flexibility index (Phi) is 5.32. The number of hydrogen-bond acceptors (Lipinski definition) is 5. The van der Waals surface area contributed by atoms with Crippen LogP contribution in [0, 0.1) is 13.8 Å². The van der Waals surface area contributed by atoms with Gasteiger partial charge in [-0.1, -0.05) is 37.3 Å². The summed E-state index contributed by atoms with van der Waals surface area (Å²) in [6.45, 7) is 5.94. The zero-order valence-electron chi connectivity index (χ0n) is 19.3. The van der Waals surface area contributed by atoms with Crippen LogP contribution in [0.3, 0.4) is 0 Å². The van der Waals surface area contributed by atoms with E-state index in [9.17, 15) is 14.7 Å². The Morgan fingerprint density at radius 2 is 1.85 bits per heavy atom. The van der Waals surface area contributed by atoms with Gasteiger partial charge in [0.25, 0.3) is 11.7 Å².